The van der Waals surface area contributed by atoms with E-state index in [2.05, 4.69) is 80.2 Å². The van der Waals surface area contributed by atoms with Gasteiger partial charge in [0.2, 0.25) is 0 Å². The lowest BCUT2D eigenvalue weighted by atomic mass is 10.0. The van der Waals surface area contributed by atoms with E-state index in [0.29, 0.717) is 5.75 Å². The molecular formula is C24H27NOS. The van der Waals surface area contributed by atoms with E-state index in [0.717, 1.165) is 27.4 Å². The van der Waals surface area contributed by atoms with Crippen molar-refractivity contribution in [1.82, 2.24) is 4.57 Å². The summed E-state index contributed by atoms with van der Waals surface area (Å²) < 4.78 is 2.22. The Bertz CT molecular complexity index is 1140. The lowest BCUT2D eigenvalue weighted by Crippen LogP contribution is -2.08. The molecule has 4 aromatic rings. The number of fused-ring (bicyclic) bond motifs is 2. The van der Waals surface area contributed by atoms with Crippen molar-refractivity contribution in [2.75, 3.05) is 11.5 Å². The van der Waals surface area contributed by atoms with Crippen LogP contribution in [0, 0.1) is 6.92 Å². The quantitative estimate of drug-likeness (QED) is 0.425. The summed E-state index contributed by atoms with van der Waals surface area (Å²) in [5.41, 5.74) is 2.24. The zero-order valence-corrected chi connectivity index (χ0v) is 17.3. The third-order valence-corrected chi connectivity index (χ3v) is 10.2. The number of aromatic nitrogens is 1. The maximum Gasteiger partial charge on any atom is 0.131 e. The average Bonchev–Trinajstić information content (AvgIpc) is 3.04. The summed E-state index contributed by atoms with van der Waals surface area (Å²) in [5, 5.41) is 14.9. The Morgan fingerprint density at radius 1 is 0.889 bits per heavy atom. The van der Waals surface area contributed by atoms with Crippen LogP contribution >= 0.6 is 10.0 Å². The molecule has 0 amide bonds. The number of nitrogens with zero attached hydrogens (tertiary/aromatic N) is 1. The Morgan fingerprint density at radius 3 is 2.22 bits per heavy atom. The molecule has 0 aliphatic heterocycles. The largest absolute Gasteiger partial charge is 0.507 e. The Hall–Kier alpha value is -2.39. The summed E-state index contributed by atoms with van der Waals surface area (Å²) in [5.74, 6) is 2.51. The first kappa shape index (κ1) is 18.0. The van der Waals surface area contributed by atoms with E-state index in [1.807, 2.05) is 13.0 Å². The van der Waals surface area contributed by atoms with E-state index in [1.165, 1.54) is 21.2 Å². The molecule has 1 N–H and O–H groups in total. The molecule has 0 unspecified atom stereocenters. The molecule has 3 aromatic carbocycles. The fourth-order valence-electron chi connectivity index (χ4n) is 4.34. The molecular weight excluding hydrogens is 350 g/mol. The maximum absolute atomic E-state index is 11.2. The number of phenolic OH excluding ortho intramolecular Hbond substituents is 1. The number of rotatable bonds is 4. The minimum absolute atomic E-state index is 0.473. The first-order chi connectivity index (χ1) is 13.0. The average molecular weight is 378 g/mol. The Kier molecular flexibility index (Phi) is 4.43. The lowest BCUT2D eigenvalue weighted by molar-refractivity contribution is 0.458. The molecule has 27 heavy (non-hydrogen) atoms. The van der Waals surface area contributed by atoms with Crippen LogP contribution in [0.25, 0.3) is 21.7 Å². The van der Waals surface area contributed by atoms with Gasteiger partial charge in [-0.3, -0.25) is 0 Å². The van der Waals surface area contributed by atoms with Crippen LogP contribution in [0.2, 0.25) is 0 Å². The molecule has 1 heterocycles. The van der Waals surface area contributed by atoms with Gasteiger partial charge in [-0.05, 0) is 46.9 Å². The maximum atomic E-state index is 11.2. The van der Waals surface area contributed by atoms with E-state index in [4.69, 9.17) is 0 Å². The molecule has 0 fully saturated rings. The molecule has 4 rings (SSSR count). The van der Waals surface area contributed by atoms with Gasteiger partial charge in [0.25, 0.3) is 0 Å². The van der Waals surface area contributed by atoms with Crippen molar-refractivity contribution in [3.63, 3.8) is 0 Å². The van der Waals surface area contributed by atoms with E-state index in [9.17, 15) is 5.11 Å². The number of aryl methyl sites for hydroxylation is 2. The van der Waals surface area contributed by atoms with Crippen molar-refractivity contribution < 1.29 is 5.11 Å². The predicted molar refractivity (Wildman–Crippen MR) is 118 cm³/mol. The second-order valence-electron chi connectivity index (χ2n) is 7.15. The van der Waals surface area contributed by atoms with Crippen LogP contribution in [0.1, 0.15) is 19.4 Å². The molecule has 0 atom stereocenters. The normalized spacial score (nSPS) is 12.7. The van der Waals surface area contributed by atoms with Crippen molar-refractivity contribution in [2.24, 2.45) is 7.05 Å². The summed E-state index contributed by atoms with van der Waals surface area (Å²) in [4.78, 5) is 2.51. The predicted octanol–water partition coefficient (Wildman–Crippen LogP) is 6.61. The van der Waals surface area contributed by atoms with Crippen LogP contribution in [0.5, 0.6) is 5.75 Å². The van der Waals surface area contributed by atoms with E-state index in [-0.39, 0.29) is 0 Å². The number of aromatic hydroxyl groups is 1. The molecule has 0 aliphatic rings. The molecule has 0 aliphatic carbocycles. The summed E-state index contributed by atoms with van der Waals surface area (Å²) in [7, 11) is 0.767. The summed E-state index contributed by atoms with van der Waals surface area (Å²) in [6.07, 6.45) is 2.29. The van der Waals surface area contributed by atoms with Crippen LogP contribution in [0.15, 0.2) is 70.6 Å². The van der Waals surface area contributed by atoms with Crippen LogP contribution in [-0.4, -0.2) is 21.2 Å². The van der Waals surface area contributed by atoms with Gasteiger partial charge in [0, 0.05) is 33.9 Å². The molecule has 2 nitrogen and oxygen atoms in total. The molecule has 0 saturated carbocycles. The van der Waals surface area contributed by atoms with Gasteiger partial charge in [-0.25, -0.2) is 0 Å². The van der Waals surface area contributed by atoms with Crippen molar-refractivity contribution in [2.45, 2.75) is 30.6 Å². The second kappa shape index (κ2) is 6.65. The minimum Gasteiger partial charge on any atom is -0.507 e. The van der Waals surface area contributed by atoms with Crippen molar-refractivity contribution >= 4 is 31.7 Å². The zero-order chi connectivity index (χ0) is 19.2. The van der Waals surface area contributed by atoms with Crippen molar-refractivity contribution in [3.8, 4) is 5.75 Å². The number of hydrogen-bond donors (Lipinski definition) is 1. The first-order valence-corrected chi connectivity index (χ1v) is 11.5. The van der Waals surface area contributed by atoms with Gasteiger partial charge >= 0.3 is 0 Å². The zero-order valence-electron chi connectivity index (χ0n) is 16.5. The van der Waals surface area contributed by atoms with Gasteiger partial charge in [-0.15, -0.1) is 0 Å². The fraction of sp³-hybridized carbons (Fsp3) is 0.250. The molecule has 1 aromatic heterocycles. The summed E-state index contributed by atoms with van der Waals surface area (Å²) >= 11 is 0. The highest BCUT2D eigenvalue weighted by atomic mass is 32.3. The van der Waals surface area contributed by atoms with Gasteiger partial charge in [0.15, 0.2) is 0 Å². The third-order valence-electron chi connectivity index (χ3n) is 5.93. The Morgan fingerprint density at radius 2 is 1.52 bits per heavy atom. The Balaban J connectivity index is 2.09. The smallest absolute Gasteiger partial charge is 0.131 e. The SMILES string of the molecule is CCS(CC)(c1cc2ccccc2c(C)c1O)c1cn(C)c2ccccc12. The lowest BCUT2D eigenvalue weighted by Gasteiger charge is -2.39. The molecule has 0 radical (unpaired) electrons. The van der Waals surface area contributed by atoms with Crippen LogP contribution < -0.4 is 0 Å². The van der Waals surface area contributed by atoms with Crippen molar-refractivity contribution in [1.29, 1.82) is 0 Å². The van der Waals surface area contributed by atoms with E-state index < -0.39 is 10.0 Å². The fourth-order valence-corrected chi connectivity index (χ4v) is 8.06. The van der Waals surface area contributed by atoms with Gasteiger partial charge < -0.3 is 9.67 Å². The number of para-hydroxylation sites is 1. The standard InChI is InChI=1S/C24H27NOS/c1-5-27(6-2,23-16-25(4)21-14-10-9-13-20(21)23)22-15-18-11-7-8-12-19(18)17(3)24(22)26/h7-16,26H,5-6H2,1-4H3. The number of benzene rings is 3. The van der Waals surface area contributed by atoms with Gasteiger partial charge in [0.05, 0.1) is 0 Å². The highest BCUT2D eigenvalue weighted by molar-refractivity contribution is 8.34. The number of phenols is 1. The van der Waals surface area contributed by atoms with Gasteiger partial charge in [-0.2, -0.15) is 10.0 Å². The summed E-state index contributed by atoms with van der Waals surface area (Å²) in [6, 6.07) is 19.2. The van der Waals surface area contributed by atoms with E-state index in [1.54, 1.807) is 0 Å². The monoisotopic (exact) mass is 377 g/mol. The third kappa shape index (κ3) is 2.56. The van der Waals surface area contributed by atoms with Crippen LogP contribution in [0.3, 0.4) is 0 Å². The highest BCUT2D eigenvalue weighted by Crippen LogP contribution is 2.67. The topological polar surface area (TPSA) is 25.2 Å². The molecule has 140 valence electrons. The molecule has 3 heteroatoms. The van der Waals surface area contributed by atoms with Crippen LogP contribution in [0.4, 0.5) is 0 Å². The second-order valence-corrected chi connectivity index (χ2v) is 11.0. The van der Waals surface area contributed by atoms with Crippen molar-refractivity contribution in [3.05, 3.63) is 66.4 Å². The van der Waals surface area contributed by atoms with Gasteiger partial charge in [-0.1, -0.05) is 56.3 Å². The summed E-state index contributed by atoms with van der Waals surface area (Å²) in [6.45, 7) is 6.58. The molecule has 0 spiro atoms. The van der Waals surface area contributed by atoms with Crippen LogP contribution in [-0.2, 0) is 7.05 Å². The molecule has 0 saturated heterocycles. The minimum atomic E-state index is -1.35. The Labute approximate surface area is 162 Å². The molecule has 0 bridgehead atoms. The van der Waals surface area contributed by atoms with Gasteiger partial charge in [0.1, 0.15) is 5.75 Å². The first-order valence-electron chi connectivity index (χ1n) is 9.57. The van der Waals surface area contributed by atoms with E-state index >= 15 is 0 Å². The number of hydrogen-bond acceptors (Lipinski definition) is 1. The highest BCUT2D eigenvalue weighted by Gasteiger charge is 2.32.